The van der Waals surface area contributed by atoms with Crippen LogP contribution in [-0.2, 0) is 0 Å². The average Bonchev–Trinajstić information content (AvgIpc) is 2.24. The molecule has 0 bridgehead atoms. The van der Waals surface area contributed by atoms with Crippen LogP contribution in [0.5, 0.6) is 5.75 Å². The monoisotopic (exact) mass is 306 g/mol. The molecule has 5 nitrogen and oxygen atoms in total. The summed E-state index contributed by atoms with van der Waals surface area (Å²) >= 11 is 0. The summed E-state index contributed by atoms with van der Waals surface area (Å²) in [4.78, 5) is 10.2. The van der Waals surface area contributed by atoms with Crippen molar-refractivity contribution in [2.75, 3.05) is 5.32 Å². The highest BCUT2D eigenvalue weighted by atomic mass is 19.4. The number of nitro benzene ring substituents is 1. The molecule has 1 atom stereocenters. The van der Waals surface area contributed by atoms with Crippen molar-refractivity contribution in [2.45, 2.75) is 45.5 Å². The Morgan fingerprint density at radius 3 is 2.38 bits per heavy atom. The van der Waals surface area contributed by atoms with Crippen LogP contribution in [0.25, 0.3) is 0 Å². The van der Waals surface area contributed by atoms with Crippen LogP contribution in [0.1, 0.15) is 27.2 Å². The van der Waals surface area contributed by atoms with E-state index in [1.807, 2.05) is 0 Å². The Morgan fingerprint density at radius 2 is 1.90 bits per heavy atom. The zero-order valence-electron chi connectivity index (χ0n) is 11.9. The number of anilines is 1. The van der Waals surface area contributed by atoms with Crippen LogP contribution < -0.4 is 10.1 Å². The Morgan fingerprint density at radius 1 is 1.29 bits per heavy atom. The summed E-state index contributed by atoms with van der Waals surface area (Å²) in [5.41, 5.74) is -0.0218. The standard InChI is InChI=1S/C13H17F3N2O3/c1-8(2)21-12-5-10(4-11(6-12)18(19)20)17-9(3)7-13(14,15)16/h4-6,8-9,17H,7H2,1-3H3. The average molecular weight is 306 g/mol. The molecule has 0 fully saturated rings. The maximum atomic E-state index is 12.3. The van der Waals surface area contributed by atoms with Gasteiger partial charge in [-0.3, -0.25) is 10.1 Å². The van der Waals surface area contributed by atoms with E-state index in [2.05, 4.69) is 5.32 Å². The molecule has 0 aliphatic heterocycles. The Labute approximate surface area is 120 Å². The Bertz CT molecular complexity index is 504. The third-order valence-electron chi connectivity index (χ3n) is 2.42. The minimum Gasteiger partial charge on any atom is -0.491 e. The minimum absolute atomic E-state index is 0.201. The molecule has 1 aromatic carbocycles. The van der Waals surface area contributed by atoms with Gasteiger partial charge in [-0.2, -0.15) is 13.2 Å². The molecule has 1 aromatic rings. The maximum Gasteiger partial charge on any atom is 0.391 e. The van der Waals surface area contributed by atoms with Crippen molar-refractivity contribution in [3.63, 3.8) is 0 Å². The fourth-order valence-electron chi connectivity index (χ4n) is 1.80. The first-order chi connectivity index (χ1) is 9.56. The van der Waals surface area contributed by atoms with E-state index >= 15 is 0 Å². The number of nitrogens with one attached hydrogen (secondary N) is 1. The van der Waals surface area contributed by atoms with Gasteiger partial charge in [0.2, 0.25) is 0 Å². The number of ether oxygens (including phenoxy) is 1. The molecule has 0 aliphatic carbocycles. The predicted molar refractivity (Wildman–Crippen MR) is 72.6 cm³/mol. The van der Waals surface area contributed by atoms with Gasteiger partial charge < -0.3 is 10.1 Å². The quantitative estimate of drug-likeness (QED) is 0.634. The number of halogens is 3. The Kier molecular flexibility index (Phi) is 5.40. The molecular formula is C13H17F3N2O3. The lowest BCUT2D eigenvalue weighted by molar-refractivity contribution is -0.384. The summed E-state index contributed by atoms with van der Waals surface area (Å²) in [7, 11) is 0. The lowest BCUT2D eigenvalue weighted by Gasteiger charge is -2.18. The summed E-state index contributed by atoms with van der Waals surface area (Å²) in [5.74, 6) is 0.237. The van der Waals surface area contributed by atoms with Crippen LogP contribution in [0.15, 0.2) is 18.2 Å². The molecule has 0 radical (unpaired) electrons. The largest absolute Gasteiger partial charge is 0.491 e. The first-order valence-corrected chi connectivity index (χ1v) is 6.36. The van der Waals surface area contributed by atoms with Crippen molar-refractivity contribution in [2.24, 2.45) is 0 Å². The van der Waals surface area contributed by atoms with Gasteiger partial charge in [-0.05, 0) is 20.8 Å². The van der Waals surface area contributed by atoms with Crippen molar-refractivity contribution < 1.29 is 22.8 Å². The zero-order valence-corrected chi connectivity index (χ0v) is 11.9. The van der Waals surface area contributed by atoms with Gasteiger partial charge in [-0.15, -0.1) is 0 Å². The van der Waals surface area contributed by atoms with Gasteiger partial charge in [0.25, 0.3) is 5.69 Å². The number of nitrogens with zero attached hydrogens (tertiary/aromatic N) is 1. The van der Waals surface area contributed by atoms with Gasteiger partial charge in [0.05, 0.1) is 23.5 Å². The number of alkyl halides is 3. The highest BCUT2D eigenvalue weighted by molar-refractivity contribution is 5.56. The predicted octanol–water partition coefficient (Wildman–Crippen LogP) is 4.13. The number of rotatable bonds is 6. The second-order valence-electron chi connectivity index (χ2n) is 5.00. The van der Waals surface area contributed by atoms with Crippen molar-refractivity contribution in [1.82, 2.24) is 0 Å². The number of non-ortho nitro benzene ring substituents is 1. The molecule has 0 heterocycles. The molecular weight excluding hydrogens is 289 g/mol. The first kappa shape index (κ1) is 17.1. The van der Waals surface area contributed by atoms with Gasteiger partial charge in [0, 0.05) is 23.9 Å². The molecule has 1 N–H and O–H groups in total. The minimum atomic E-state index is -4.30. The fourth-order valence-corrected chi connectivity index (χ4v) is 1.80. The molecule has 1 rings (SSSR count). The smallest absolute Gasteiger partial charge is 0.391 e. The van der Waals surface area contributed by atoms with E-state index in [-0.39, 0.29) is 23.2 Å². The molecule has 0 spiro atoms. The Hall–Kier alpha value is -1.99. The number of hydrogen-bond acceptors (Lipinski definition) is 4. The number of nitro groups is 1. The normalized spacial score (nSPS) is 13.1. The van der Waals surface area contributed by atoms with Crippen LogP contribution in [0.2, 0.25) is 0 Å². The van der Waals surface area contributed by atoms with E-state index in [1.165, 1.54) is 25.1 Å². The SMILES string of the molecule is CC(CC(F)(F)F)Nc1cc(OC(C)C)cc([N+](=O)[O-])c1. The second-order valence-corrected chi connectivity index (χ2v) is 5.00. The maximum absolute atomic E-state index is 12.3. The molecule has 21 heavy (non-hydrogen) atoms. The van der Waals surface area contributed by atoms with E-state index in [1.54, 1.807) is 13.8 Å². The summed E-state index contributed by atoms with van der Waals surface area (Å²) in [6.45, 7) is 4.85. The van der Waals surface area contributed by atoms with E-state index in [9.17, 15) is 23.3 Å². The van der Waals surface area contributed by atoms with Crippen LogP contribution in [0.4, 0.5) is 24.5 Å². The van der Waals surface area contributed by atoms with Crippen molar-refractivity contribution in [3.05, 3.63) is 28.3 Å². The lowest BCUT2D eigenvalue weighted by Crippen LogP contribution is -2.23. The summed E-state index contributed by atoms with van der Waals surface area (Å²) in [6.07, 6.45) is -5.53. The molecule has 0 amide bonds. The fraction of sp³-hybridized carbons (Fsp3) is 0.538. The van der Waals surface area contributed by atoms with E-state index in [4.69, 9.17) is 4.74 Å². The van der Waals surface area contributed by atoms with Gasteiger partial charge in [0.15, 0.2) is 0 Å². The first-order valence-electron chi connectivity index (χ1n) is 6.36. The van der Waals surface area contributed by atoms with E-state index in [0.29, 0.717) is 0 Å². The van der Waals surface area contributed by atoms with Gasteiger partial charge in [-0.25, -0.2) is 0 Å². The molecule has 0 saturated carbocycles. The topological polar surface area (TPSA) is 64.4 Å². The lowest BCUT2D eigenvalue weighted by atomic mass is 10.2. The molecule has 118 valence electrons. The van der Waals surface area contributed by atoms with E-state index in [0.717, 1.165) is 0 Å². The third-order valence-corrected chi connectivity index (χ3v) is 2.42. The number of hydrogen-bond donors (Lipinski definition) is 1. The van der Waals surface area contributed by atoms with Crippen LogP contribution in [-0.4, -0.2) is 23.2 Å². The third kappa shape index (κ3) is 6.33. The summed E-state index contributed by atoms with van der Waals surface area (Å²) < 4.78 is 42.2. The molecule has 0 aromatic heterocycles. The molecule has 8 heteroatoms. The molecule has 0 saturated heterocycles. The van der Waals surface area contributed by atoms with E-state index < -0.39 is 23.6 Å². The van der Waals surface area contributed by atoms with Gasteiger partial charge in [-0.1, -0.05) is 0 Å². The van der Waals surface area contributed by atoms with Gasteiger partial charge in [0.1, 0.15) is 5.75 Å². The highest BCUT2D eigenvalue weighted by Crippen LogP contribution is 2.29. The van der Waals surface area contributed by atoms with Crippen LogP contribution in [0.3, 0.4) is 0 Å². The van der Waals surface area contributed by atoms with Crippen molar-refractivity contribution in [1.29, 1.82) is 0 Å². The van der Waals surface area contributed by atoms with Crippen LogP contribution >= 0.6 is 0 Å². The van der Waals surface area contributed by atoms with Gasteiger partial charge >= 0.3 is 6.18 Å². The number of benzene rings is 1. The Balaban J connectivity index is 2.94. The summed E-state index contributed by atoms with van der Waals surface area (Å²) in [5, 5.41) is 13.5. The zero-order chi connectivity index (χ0) is 16.2. The highest BCUT2D eigenvalue weighted by Gasteiger charge is 2.30. The van der Waals surface area contributed by atoms with Crippen molar-refractivity contribution in [3.8, 4) is 5.75 Å². The van der Waals surface area contributed by atoms with Crippen LogP contribution in [0, 0.1) is 10.1 Å². The van der Waals surface area contributed by atoms with Crippen molar-refractivity contribution >= 4 is 11.4 Å². The molecule has 1 unspecified atom stereocenters. The summed E-state index contributed by atoms with van der Waals surface area (Å²) in [6, 6.07) is 2.96. The molecule has 0 aliphatic rings. The second kappa shape index (κ2) is 6.64.